The van der Waals surface area contributed by atoms with Crippen molar-refractivity contribution >= 4 is 23.5 Å². The van der Waals surface area contributed by atoms with E-state index in [0.29, 0.717) is 16.1 Å². The number of nitrogens with one attached hydrogen (secondary N) is 1. The molecule has 0 spiro atoms. The first kappa shape index (κ1) is 18.8. The number of carbonyl (C=O) groups excluding carboxylic acids is 2. The summed E-state index contributed by atoms with van der Waals surface area (Å²) in [5, 5.41) is 15.1. The van der Waals surface area contributed by atoms with E-state index in [2.05, 4.69) is 5.32 Å². The van der Waals surface area contributed by atoms with E-state index < -0.39 is 40.7 Å². The number of piperidine rings is 1. The van der Waals surface area contributed by atoms with Crippen LogP contribution in [0.25, 0.3) is 0 Å². The number of halogens is 1. The minimum atomic E-state index is -1.33. The van der Waals surface area contributed by atoms with Gasteiger partial charge >= 0.3 is 5.97 Å². The zero-order valence-electron chi connectivity index (χ0n) is 14.4. The minimum Gasteiger partial charge on any atom is -0.468 e. The standard InChI is InChI=1S/C19H17ClN2O5/c1-27-19(24)15-14(11-7-9-13(20)10-8-11)17(22(25)26)16(21-18(15)23)12-5-3-2-4-6-12/h2-10,14-17H,1H3,(H,21,23)/t14-,15-,16-,17+/m0/s1. The lowest BCUT2D eigenvalue weighted by atomic mass is 9.73. The van der Waals surface area contributed by atoms with E-state index in [-0.39, 0.29) is 0 Å². The van der Waals surface area contributed by atoms with E-state index in [4.69, 9.17) is 16.3 Å². The average molecular weight is 389 g/mol. The molecule has 140 valence electrons. The lowest BCUT2D eigenvalue weighted by Gasteiger charge is -2.37. The fourth-order valence-electron chi connectivity index (χ4n) is 3.54. The maximum absolute atomic E-state index is 12.7. The summed E-state index contributed by atoms with van der Waals surface area (Å²) in [7, 11) is 1.15. The minimum absolute atomic E-state index is 0.450. The molecule has 0 aliphatic carbocycles. The van der Waals surface area contributed by atoms with Crippen molar-refractivity contribution in [3.05, 3.63) is 80.9 Å². The van der Waals surface area contributed by atoms with Crippen LogP contribution in [-0.2, 0) is 14.3 Å². The summed E-state index contributed by atoms with van der Waals surface area (Å²) in [4.78, 5) is 36.6. The molecular weight excluding hydrogens is 372 g/mol. The highest BCUT2D eigenvalue weighted by atomic mass is 35.5. The normalized spacial score (nSPS) is 24.7. The number of nitro groups is 1. The van der Waals surface area contributed by atoms with E-state index in [9.17, 15) is 19.7 Å². The van der Waals surface area contributed by atoms with Crippen molar-refractivity contribution in [2.45, 2.75) is 18.0 Å². The number of nitrogens with zero attached hydrogens (tertiary/aromatic N) is 1. The fraction of sp³-hybridized carbons (Fsp3) is 0.263. The van der Waals surface area contributed by atoms with Crippen LogP contribution < -0.4 is 5.32 Å². The van der Waals surface area contributed by atoms with E-state index in [1.165, 1.54) is 0 Å². The molecule has 1 saturated heterocycles. The first-order chi connectivity index (χ1) is 12.9. The Labute approximate surface area is 160 Å². The Morgan fingerprint density at radius 3 is 2.30 bits per heavy atom. The highest BCUT2D eigenvalue weighted by Gasteiger charge is 2.55. The van der Waals surface area contributed by atoms with Gasteiger partial charge < -0.3 is 10.1 Å². The summed E-state index contributed by atoms with van der Waals surface area (Å²) >= 11 is 5.92. The van der Waals surface area contributed by atoms with Crippen molar-refractivity contribution in [3.63, 3.8) is 0 Å². The van der Waals surface area contributed by atoms with Crippen LogP contribution in [0.3, 0.4) is 0 Å². The highest BCUT2D eigenvalue weighted by Crippen LogP contribution is 2.41. The third-order valence-electron chi connectivity index (χ3n) is 4.76. The predicted molar refractivity (Wildman–Crippen MR) is 97.8 cm³/mol. The van der Waals surface area contributed by atoms with Crippen LogP contribution in [0.4, 0.5) is 0 Å². The SMILES string of the molecule is COC(=O)[C@@H]1C(=O)N[C@@H](c2ccccc2)[C@H]([N+](=O)[O-])[C@H]1c1ccc(Cl)cc1. The van der Waals surface area contributed by atoms with Crippen molar-refractivity contribution in [1.82, 2.24) is 5.32 Å². The van der Waals surface area contributed by atoms with Gasteiger partial charge in [-0.2, -0.15) is 0 Å². The summed E-state index contributed by atoms with van der Waals surface area (Å²) < 4.78 is 4.76. The molecule has 3 rings (SSSR count). The summed E-state index contributed by atoms with van der Waals surface area (Å²) in [5.74, 6) is -3.74. The maximum Gasteiger partial charge on any atom is 0.319 e. The summed E-state index contributed by atoms with van der Waals surface area (Å²) in [6.07, 6.45) is 0. The number of rotatable bonds is 4. The van der Waals surface area contributed by atoms with Gasteiger partial charge in [0.05, 0.1) is 13.0 Å². The van der Waals surface area contributed by atoms with Gasteiger partial charge in [-0.25, -0.2) is 0 Å². The zero-order chi connectivity index (χ0) is 19.6. The molecule has 0 unspecified atom stereocenters. The zero-order valence-corrected chi connectivity index (χ0v) is 15.1. The summed E-state index contributed by atoms with van der Waals surface area (Å²) in [6.45, 7) is 0. The van der Waals surface area contributed by atoms with Crippen molar-refractivity contribution in [2.24, 2.45) is 5.92 Å². The highest BCUT2D eigenvalue weighted by molar-refractivity contribution is 6.30. The van der Waals surface area contributed by atoms with Gasteiger partial charge in [-0.3, -0.25) is 19.7 Å². The molecule has 0 aromatic heterocycles. The summed E-state index contributed by atoms with van der Waals surface area (Å²) in [6, 6.07) is 12.9. The molecule has 1 amide bonds. The molecule has 1 fully saturated rings. The molecular formula is C19H17ClN2O5. The number of ether oxygens (including phenoxy) is 1. The van der Waals surface area contributed by atoms with Crippen LogP contribution in [0.5, 0.6) is 0 Å². The average Bonchev–Trinajstić information content (AvgIpc) is 2.67. The first-order valence-corrected chi connectivity index (χ1v) is 8.64. The van der Waals surface area contributed by atoms with Crippen LogP contribution in [0, 0.1) is 16.0 Å². The maximum atomic E-state index is 12.7. The van der Waals surface area contributed by atoms with Gasteiger partial charge in [0, 0.05) is 9.95 Å². The molecule has 0 bridgehead atoms. The lowest BCUT2D eigenvalue weighted by molar-refractivity contribution is -0.534. The second kappa shape index (κ2) is 7.75. The molecule has 4 atom stereocenters. The first-order valence-electron chi connectivity index (χ1n) is 8.26. The van der Waals surface area contributed by atoms with E-state index in [0.717, 1.165) is 7.11 Å². The Hall–Kier alpha value is -2.93. The molecule has 0 saturated carbocycles. The number of methoxy groups -OCH3 is 1. The third-order valence-corrected chi connectivity index (χ3v) is 5.01. The molecule has 8 heteroatoms. The van der Waals surface area contributed by atoms with Gasteiger partial charge in [-0.1, -0.05) is 54.1 Å². The largest absolute Gasteiger partial charge is 0.468 e. The van der Waals surface area contributed by atoms with E-state index in [1.54, 1.807) is 54.6 Å². The molecule has 2 aromatic rings. The summed E-state index contributed by atoms with van der Waals surface area (Å²) in [5.41, 5.74) is 1.07. The molecule has 27 heavy (non-hydrogen) atoms. The number of benzene rings is 2. The number of esters is 1. The molecule has 0 radical (unpaired) electrons. The topological polar surface area (TPSA) is 98.5 Å². The van der Waals surface area contributed by atoms with Gasteiger partial charge in [-0.15, -0.1) is 0 Å². The molecule has 2 aromatic carbocycles. The monoisotopic (exact) mass is 388 g/mol. The molecule has 1 aliphatic heterocycles. The van der Waals surface area contributed by atoms with Gasteiger partial charge in [-0.05, 0) is 23.3 Å². The van der Waals surface area contributed by atoms with Crippen molar-refractivity contribution in [1.29, 1.82) is 0 Å². The number of amides is 1. The molecule has 7 nitrogen and oxygen atoms in total. The Bertz CT molecular complexity index is 856. The molecule has 1 aliphatic rings. The Morgan fingerprint density at radius 1 is 1.11 bits per heavy atom. The number of carbonyl (C=O) groups is 2. The van der Waals surface area contributed by atoms with Crippen molar-refractivity contribution in [3.8, 4) is 0 Å². The smallest absolute Gasteiger partial charge is 0.319 e. The van der Waals surface area contributed by atoms with Crippen LogP contribution in [-0.4, -0.2) is 30.0 Å². The Balaban J connectivity index is 2.15. The van der Waals surface area contributed by atoms with Crippen LogP contribution in [0.15, 0.2) is 54.6 Å². The van der Waals surface area contributed by atoms with E-state index >= 15 is 0 Å². The van der Waals surface area contributed by atoms with Crippen LogP contribution >= 0.6 is 11.6 Å². The van der Waals surface area contributed by atoms with Gasteiger partial charge in [0.25, 0.3) is 0 Å². The van der Waals surface area contributed by atoms with Gasteiger partial charge in [0.15, 0.2) is 0 Å². The molecule has 1 N–H and O–H groups in total. The van der Waals surface area contributed by atoms with Crippen LogP contribution in [0.1, 0.15) is 23.1 Å². The van der Waals surface area contributed by atoms with Gasteiger partial charge in [0.2, 0.25) is 11.9 Å². The molecule has 1 heterocycles. The van der Waals surface area contributed by atoms with Crippen molar-refractivity contribution < 1.29 is 19.2 Å². The third kappa shape index (κ3) is 3.64. The van der Waals surface area contributed by atoms with Crippen LogP contribution in [0.2, 0.25) is 5.02 Å². The second-order valence-corrected chi connectivity index (χ2v) is 6.69. The number of hydrogen-bond acceptors (Lipinski definition) is 5. The number of hydrogen-bond donors (Lipinski definition) is 1. The second-order valence-electron chi connectivity index (χ2n) is 6.25. The predicted octanol–water partition coefficient (Wildman–Crippen LogP) is 2.73. The Kier molecular flexibility index (Phi) is 5.41. The van der Waals surface area contributed by atoms with E-state index in [1.807, 2.05) is 0 Å². The van der Waals surface area contributed by atoms with Gasteiger partial charge in [0.1, 0.15) is 12.0 Å². The van der Waals surface area contributed by atoms with Crippen molar-refractivity contribution in [2.75, 3.05) is 7.11 Å². The quantitative estimate of drug-likeness (QED) is 0.376. The Morgan fingerprint density at radius 2 is 1.74 bits per heavy atom. The fourth-order valence-corrected chi connectivity index (χ4v) is 3.67. The lowest BCUT2D eigenvalue weighted by Crippen LogP contribution is -2.56.